The molecular weight excluding hydrogens is 355 g/mol. The lowest BCUT2D eigenvalue weighted by atomic mass is 10.1. The average Bonchev–Trinajstić information content (AvgIpc) is 2.68. The Labute approximate surface area is 117 Å². The van der Waals surface area contributed by atoms with Gasteiger partial charge in [0.2, 0.25) is 0 Å². The second-order valence-electron chi connectivity index (χ2n) is 3.51. The predicted octanol–water partition coefficient (Wildman–Crippen LogP) is 4.28. The monoisotopic (exact) mass is 364 g/mol. The van der Waals surface area contributed by atoms with Crippen molar-refractivity contribution in [1.29, 1.82) is 0 Å². The van der Waals surface area contributed by atoms with Gasteiger partial charge in [-0.2, -0.15) is 0 Å². The third-order valence-electron chi connectivity index (χ3n) is 2.26. The lowest BCUT2D eigenvalue weighted by molar-refractivity contribution is 0.182. The first-order chi connectivity index (χ1) is 7.65. The number of aliphatic hydroxyl groups excluding tert-OH is 1. The van der Waals surface area contributed by atoms with E-state index in [-0.39, 0.29) is 0 Å². The maximum Gasteiger partial charge on any atom is 0.0922 e. The number of hydrogen-bond donors (Lipinski definition) is 1. The van der Waals surface area contributed by atoms with Crippen molar-refractivity contribution in [3.63, 3.8) is 0 Å². The minimum Gasteiger partial charge on any atom is -0.387 e. The van der Waals surface area contributed by atoms with Crippen LogP contribution in [0.2, 0.25) is 5.02 Å². The molecule has 1 heterocycles. The number of halogens is 2. The summed E-state index contributed by atoms with van der Waals surface area (Å²) in [5.41, 5.74) is 1.14. The van der Waals surface area contributed by atoms with Crippen LogP contribution in [0, 0.1) is 3.57 Å². The number of benzene rings is 1. The number of hydrogen-bond acceptors (Lipinski definition) is 2. The van der Waals surface area contributed by atoms with Crippen molar-refractivity contribution in [3.8, 4) is 0 Å². The molecule has 0 saturated heterocycles. The summed E-state index contributed by atoms with van der Waals surface area (Å²) in [5.74, 6) is 0. The fourth-order valence-corrected chi connectivity index (χ4v) is 2.87. The summed E-state index contributed by atoms with van der Waals surface area (Å²) in [6.45, 7) is 0. The van der Waals surface area contributed by atoms with Crippen molar-refractivity contribution in [1.82, 2.24) is 0 Å². The van der Waals surface area contributed by atoms with Crippen molar-refractivity contribution in [2.45, 2.75) is 12.5 Å². The van der Waals surface area contributed by atoms with Gasteiger partial charge in [0.25, 0.3) is 0 Å². The van der Waals surface area contributed by atoms with Crippen LogP contribution in [0.4, 0.5) is 0 Å². The highest BCUT2D eigenvalue weighted by Crippen LogP contribution is 2.27. The SMILES string of the molecule is OC(Cc1ccc(I)cc1)c1cc(Cl)cs1. The molecule has 1 N–H and O–H groups in total. The highest BCUT2D eigenvalue weighted by molar-refractivity contribution is 14.1. The lowest BCUT2D eigenvalue weighted by Crippen LogP contribution is -1.99. The van der Waals surface area contributed by atoms with Crippen LogP contribution < -0.4 is 0 Å². The molecule has 4 heteroatoms. The first-order valence-corrected chi connectivity index (χ1v) is 7.15. The lowest BCUT2D eigenvalue weighted by Gasteiger charge is -2.08. The molecule has 84 valence electrons. The summed E-state index contributed by atoms with van der Waals surface area (Å²) >= 11 is 9.59. The van der Waals surface area contributed by atoms with Crippen molar-refractivity contribution in [3.05, 3.63) is 54.7 Å². The molecule has 1 aromatic heterocycles. The van der Waals surface area contributed by atoms with Crippen molar-refractivity contribution < 1.29 is 5.11 Å². The van der Waals surface area contributed by atoms with Crippen LogP contribution in [0.15, 0.2) is 35.7 Å². The molecule has 2 aromatic rings. The summed E-state index contributed by atoms with van der Waals surface area (Å²) < 4.78 is 1.20. The molecule has 1 nitrogen and oxygen atoms in total. The molecule has 1 unspecified atom stereocenters. The van der Waals surface area contributed by atoms with Gasteiger partial charge in [-0.05, 0) is 46.4 Å². The molecule has 1 aromatic carbocycles. The molecule has 0 saturated carbocycles. The Bertz CT molecular complexity index is 466. The minimum absolute atomic E-state index is 0.461. The van der Waals surface area contributed by atoms with Crippen LogP contribution >= 0.6 is 45.5 Å². The summed E-state index contributed by atoms with van der Waals surface area (Å²) in [6.07, 6.45) is 0.172. The van der Waals surface area contributed by atoms with E-state index in [1.807, 2.05) is 35.7 Å². The van der Waals surface area contributed by atoms with Gasteiger partial charge < -0.3 is 5.11 Å². The van der Waals surface area contributed by atoms with E-state index in [9.17, 15) is 5.11 Å². The van der Waals surface area contributed by atoms with Gasteiger partial charge in [-0.25, -0.2) is 0 Å². The molecule has 0 aliphatic heterocycles. The average molecular weight is 365 g/mol. The summed E-state index contributed by atoms with van der Waals surface area (Å²) in [5, 5.41) is 12.5. The van der Waals surface area contributed by atoms with E-state index in [0.717, 1.165) is 10.4 Å². The van der Waals surface area contributed by atoms with E-state index < -0.39 is 6.10 Å². The molecule has 2 rings (SSSR count). The first kappa shape index (κ1) is 12.4. The Balaban J connectivity index is 2.07. The zero-order valence-electron chi connectivity index (χ0n) is 8.36. The molecule has 0 fully saturated rings. The van der Waals surface area contributed by atoms with Crippen LogP contribution in [0.25, 0.3) is 0 Å². The third kappa shape index (κ3) is 3.20. The zero-order valence-corrected chi connectivity index (χ0v) is 12.1. The van der Waals surface area contributed by atoms with Gasteiger partial charge in [-0.15, -0.1) is 11.3 Å². The van der Waals surface area contributed by atoms with Crippen LogP contribution in [0.1, 0.15) is 16.5 Å². The van der Waals surface area contributed by atoms with Crippen LogP contribution in [0.3, 0.4) is 0 Å². The maximum absolute atomic E-state index is 10.0. The van der Waals surface area contributed by atoms with Gasteiger partial charge in [0.15, 0.2) is 0 Å². The predicted molar refractivity (Wildman–Crippen MR) is 77.2 cm³/mol. The van der Waals surface area contributed by atoms with Crippen molar-refractivity contribution in [2.75, 3.05) is 0 Å². The van der Waals surface area contributed by atoms with Gasteiger partial charge in [0.1, 0.15) is 0 Å². The second kappa shape index (κ2) is 5.49. The van der Waals surface area contributed by atoms with Gasteiger partial charge >= 0.3 is 0 Å². The van der Waals surface area contributed by atoms with E-state index in [4.69, 9.17) is 11.6 Å². The number of aliphatic hydroxyl groups is 1. The quantitative estimate of drug-likeness (QED) is 0.806. The molecule has 0 aliphatic rings. The Hall–Kier alpha value is -0.100. The zero-order chi connectivity index (χ0) is 11.5. The molecule has 0 amide bonds. The Morgan fingerprint density at radius 1 is 1.31 bits per heavy atom. The van der Waals surface area contributed by atoms with Crippen molar-refractivity contribution >= 4 is 45.5 Å². The summed E-state index contributed by atoms with van der Waals surface area (Å²) in [7, 11) is 0. The third-order valence-corrected chi connectivity index (χ3v) is 4.36. The second-order valence-corrected chi connectivity index (χ2v) is 6.14. The highest BCUT2D eigenvalue weighted by atomic mass is 127. The molecule has 0 radical (unpaired) electrons. The van der Waals surface area contributed by atoms with E-state index in [1.165, 1.54) is 14.9 Å². The normalized spacial score (nSPS) is 12.7. The summed E-state index contributed by atoms with van der Waals surface area (Å²) in [4.78, 5) is 0.920. The van der Waals surface area contributed by atoms with Crippen LogP contribution in [-0.2, 0) is 6.42 Å². The van der Waals surface area contributed by atoms with Gasteiger partial charge in [-0.3, -0.25) is 0 Å². The molecular formula is C12H10ClIOS. The molecule has 0 bridgehead atoms. The topological polar surface area (TPSA) is 20.2 Å². The molecule has 16 heavy (non-hydrogen) atoms. The van der Waals surface area contributed by atoms with Crippen LogP contribution in [0.5, 0.6) is 0 Å². The first-order valence-electron chi connectivity index (χ1n) is 4.81. The maximum atomic E-state index is 10.0. The summed E-state index contributed by atoms with van der Waals surface area (Å²) in [6, 6.07) is 10.00. The fraction of sp³-hybridized carbons (Fsp3) is 0.167. The number of rotatable bonds is 3. The smallest absolute Gasteiger partial charge is 0.0922 e. The van der Waals surface area contributed by atoms with Crippen LogP contribution in [-0.4, -0.2) is 5.11 Å². The number of thiophene rings is 1. The fourth-order valence-electron chi connectivity index (χ4n) is 1.45. The van der Waals surface area contributed by atoms with Crippen molar-refractivity contribution in [2.24, 2.45) is 0 Å². The van der Waals surface area contributed by atoms with E-state index in [2.05, 4.69) is 22.6 Å². The largest absolute Gasteiger partial charge is 0.387 e. The van der Waals surface area contributed by atoms with E-state index >= 15 is 0 Å². The molecule has 0 spiro atoms. The highest BCUT2D eigenvalue weighted by Gasteiger charge is 2.10. The standard InChI is InChI=1S/C12H10ClIOS/c13-9-6-12(16-7-9)11(15)5-8-1-3-10(14)4-2-8/h1-4,6-7,11,15H,5H2. The van der Waals surface area contributed by atoms with Gasteiger partial charge in [0, 0.05) is 20.2 Å². The Morgan fingerprint density at radius 3 is 2.56 bits per heavy atom. The molecule has 1 atom stereocenters. The minimum atomic E-state index is -0.461. The van der Waals surface area contributed by atoms with E-state index in [1.54, 1.807) is 0 Å². The Kier molecular flexibility index (Phi) is 4.24. The Morgan fingerprint density at radius 2 is 2.00 bits per heavy atom. The van der Waals surface area contributed by atoms with Gasteiger partial charge in [-0.1, -0.05) is 23.7 Å². The van der Waals surface area contributed by atoms with Gasteiger partial charge in [0.05, 0.1) is 11.1 Å². The molecule has 0 aliphatic carbocycles. The van der Waals surface area contributed by atoms with E-state index in [0.29, 0.717) is 11.4 Å².